The standard InChI is InChI=1S/C19H26N4O/c1-15-5-3-6-18(20-15)22-11-8-19(9-12-22)7-4-10-23(19)14-17-13-16(2)21-24-17/h3,5-6,13H,4,7-12,14H2,1-2H3. The van der Waals surface area contributed by atoms with Gasteiger partial charge in [0.1, 0.15) is 5.82 Å². The van der Waals surface area contributed by atoms with Crippen LogP contribution in [0.1, 0.15) is 42.8 Å². The monoisotopic (exact) mass is 326 g/mol. The van der Waals surface area contributed by atoms with Crippen molar-refractivity contribution in [3.63, 3.8) is 0 Å². The van der Waals surface area contributed by atoms with E-state index in [0.29, 0.717) is 5.54 Å². The molecule has 2 aromatic heterocycles. The molecule has 24 heavy (non-hydrogen) atoms. The second-order valence-corrected chi connectivity index (χ2v) is 7.31. The molecule has 0 unspecified atom stereocenters. The van der Waals surface area contributed by atoms with Crippen molar-refractivity contribution in [1.82, 2.24) is 15.0 Å². The van der Waals surface area contributed by atoms with Gasteiger partial charge in [-0.25, -0.2) is 4.98 Å². The average molecular weight is 326 g/mol. The van der Waals surface area contributed by atoms with Crippen LogP contribution in [-0.2, 0) is 6.54 Å². The van der Waals surface area contributed by atoms with Gasteiger partial charge in [0.25, 0.3) is 0 Å². The number of hydrogen-bond acceptors (Lipinski definition) is 5. The van der Waals surface area contributed by atoms with Crippen LogP contribution in [0.15, 0.2) is 28.8 Å². The van der Waals surface area contributed by atoms with E-state index in [1.807, 2.05) is 6.92 Å². The topological polar surface area (TPSA) is 45.4 Å². The van der Waals surface area contributed by atoms with Gasteiger partial charge in [-0.2, -0.15) is 0 Å². The Morgan fingerprint density at radius 2 is 1.92 bits per heavy atom. The Morgan fingerprint density at radius 1 is 1.08 bits per heavy atom. The highest BCUT2D eigenvalue weighted by Gasteiger charge is 2.43. The fraction of sp³-hybridized carbons (Fsp3) is 0.579. The van der Waals surface area contributed by atoms with Crippen molar-refractivity contribution in [2.75, 3.05) is 24.5 Å². The SMILES string of the molecule is Cc1cc(CN2CCCC23CCN(c2cccc(C)n2)CC3)on1. The molecule has 0 aliphatic carbocycles. The molecule has 0 bridgehead atoms. The number of aryl methyl sites for hydroxylation is 2. The summed E-state index contributed by atoms with van der Waals surface area (Å²) in [5.41, 5.74) is 2.40. The van der Waals surface area contributed by atoms with Gasteiger partial charge in [-0.05, 0) is 58.2 Å². The predicted molar refractivity (Wildman–Crippen MR) is 94.0 cm³/mol. The summed E-state index contributed by atoms with van der Waals surface area (Å²) >= 11 is 0. The zero-order valence-electron chi connectivity index (χ0n) is 14.7. The third-order valence-corrected chi connectivity index (χ3v) is 5.66. The maximum atomic E-state index is 5.45. The Labute approximate surface area is 143 Å². The van der Waals surface area contributed by atoms with Crippen LogP contribution >= 0.6 is 0 Å². The van der Waals surface area contributed by atoms with Crippen molar-refractivity contribution in [3.05, 3.63) is 41.4 Å². The van der Waals surface area contributed by atoms with E-state index in [9.17, 15) is 0 Å². The van der Waals surface area contributed by atoms with Crippen molar-refractivity contribution in [3.8, 4) is 0 Å². The lowest BCUT2D eigenvalue weighted by atomic mass is 9.85. The lowest BCUT2D eigenvalue weighted by molar-refractivity contribution is 0.0897. The zero-order valence-corrected chi connectivity index (χ0v) is 14.7. The van der Waals surface area contributed by atoms with Crippen LogP contribution in [0.3, 0.4) is 0 Å². The van der Waals surface area contributed by atoms with Crippen molar-refractivity contribution in [2.24, 2.45) is 0 Å². The molecule has 5 nitrogen and oxygen atoms in total. The first-order valence-electron chi connectivity index (χ1n) is 9.01. The van der Waals surface area contributed by atoms with Gasteiger partial charge in [0.15, 0.2) is 5.76 Å². The summed E-state index contributed by atoms with van der Waals surface area (Å²) in [6.07, 6.45) is 5.00. The number of rotatable bonds is 3. The summed E-state index contributed by atoms with van der Waals surface area (Å²) in [6.45, 7) is 8.28. The minimum Gasteiger partial charge on any atom is -0.360 e. The molecule has 4 rings (SSSR count). The number of aromatic nitrogens is 2. The summed E-state index contributed by atoms with van der Waals surface area (Å²) in [5.74, 6) is 2.12. The van der Waals surface area contributed by atoms with Crippen LogP contribution in [0.2, 0.25) is 0 Å². The third-order valence-electron chi connectivity index (χ3n) is 5.66. The largest absolute Gasteiger partial charge is 0.360 e. The van der Waals surface area contributed by atoms with Gasteiger partial charge in [-0.15, -0.1) is 0 Å². The normalized spacial score (nSPS) is 20.8. The smallest absolute Gasteiger partial charge is 0.150 e. The van der Waals surface area contributed by atoms with E-state index >= 15 is 0 Å². The molecule has 0 aromatic carbocycles. The highest BCUT2D eigenvalue weighted by molar-refractivity contribution is 5.40. The van der Waals surface area contributed by atoms with Gasteiger partial charge in [0.05, 0.1) is 12.2 Å². The minimum absolute atomic E-state index is 0.334. The van der Waals surface area contributed by atoms with Gasteiger partial charge in [0, 0.05) is 30.4 Å². The van der Waals surface area contributed by atoms with Crippen LogP contribution < -0.4 is 4.90 Å². The Hall–Kier alpha value is -1.88. The van der Waals surface area contributed by atoms with E-state index < -0.39 is 0 Å². The molecule has 2 aliphatic rings. The molecular formula is C19H26N4O. The third kappa shape index (κ3) is 2.93. The molecule has 2 fully saturated rings. The Kier molecular flexibility index (Phi) is 4.04. The van der Waals surface area contributed by atoms with Crippen LogP contribution in [0.5, 0.6) is 0 Å². The number of piperidine rings is 1. The number of anilines is 1. The first-order valence-corrected chi connectivity index (χ1v) is 9.01. The van der Waals surface area contributed by atoms with Crippen LogP contribution in [0.25, 0.3) is 0 Å². The lowest BCUT2D eigenvalue weighted by Gasteiger charge is -2.45. The minimum atomic E-state index is 0.334. The van der Waals surface area contributed by atoms with E-state index in [1.165, 1.54) is 32.2 Å². The van der Waals surface area contributed by atoms with E-state index in [0.717, 1.165) is 42.6 Å². The van der Waals surface area contributed by atoms with Crippen molar-refractivity contribution in [1.29, 1.82) is 0 Å². The Balaban J connectivity index is 1.44. The highest BCUT2D eigenvalue weighted by atomic mass is 16.5. The number of likely N-dealkylation sites (tertiary alicyclic amines) is 1. The highest BCUT2D eigenvalue weighted by Crippen LogP contribution is 2.40. The van der Waals surface area contributed by atoms with Crippen molar-refractivity contribution >= 4 is 5.82 Å². The molecule has 0 amide bonds. The van der Waals surface area contributed by atoms with Crippen LogP contribution in [0.4, 0.5) is 5.82 Å². The first-order chi connectivity index (χ1) is 11.6. The lowest BCUT2D eigenvalue weighted by Crippen LogP contribution is -2.52. The van der Waals surface area contributed by atoms with Gasteiger partial charge in [-0.3, -0.25) is 4.90 Å². The summed E-state index contributed by atoms with van der Waals surface area (Å²) in [6, 6.07) is 8.37. The molecule has 0 radical (unpaired) electrons. The fourth-order valence-electron chi connectivity index (χ4n) is 4.34. The van der Waals surface area contributed by atoms with E-state index in [-0.39, 0.29) is 0 Å². The van der Waals surface area contributed by atoms with Crippen molar-refractivity contribution in [2.45, 2.75) is 51.6 Å². The molecule has 5 heteroatoms. The van der Waals surface area contributed by atoms with E-state index in [2.05, 4.69) is 46.1 Å². The number of hydrogen-bond donors (Lipinski definition) is 0. The van der Waals surface area contributed by atoms with Gasteiger partial charge < -0.3 is 9.42 Å². The van der Waals surface area contributed by atoms with Crippen molar-refractivity contribution < 1.29 is 4.52 Å². The zero-order chi connectivity index (χ0) is 16.6. The Morgan fingerprint density at radius 3 is 2.62 bits per heavy atom. The molecule has 0 atom stereocenters. The predicted octanol–water partition coefficient (Wildman–Crippen LogP) is 3.32. The number of pyridine rings is 1. The quantitative estimate of drug-likeness (QED) is 0.866. The Bertz CT molecular complexity index is 703. The van der Waals surface area contributed by atoms with Gasteiger partial charge in [-0.1, -0.05) is 11.2 Å². The molecule has 0 N–H and O–H groups in total. The van der Waals surface area contributed by atoms with Crippen LogP contribution in [0, 0.1) is 13.8 Å². The second kappa shape index (κ2) is 6.20. The molecule has 2 aliphatic heterocycles. The fourth-order valence-corrected chi connectivity index (χ4v) is 4.34. The first kappa shape index (κ1) is 15.6. The molecular weight excluding hydrogens is 300 g/mol. The summed E-state index contributed by atoms with van der Waals surface area (Å²) in [4.78, 5) is 9.76. The average Bonchev–Trinajstić information content (AvgIpc) is 3.16. The van der Waals surface area contributed by atoms with E-state index in [4.69, 9.17) is 9.51 Å². The van der Waals surface area contributed by atoms with Crippen LogP contribution in [-0.4, -0.2) is 40.2 Å². The maximum Gasteiger partial charge on any atom is 0.150 e. The van der Waals surface area contributed by atoms with Gasteiger partial charge >= 0.3 is 0 Å². The van der Waals surface area contributed by atoms with Gasteiger partial charge in [0.2, 0.25) is 0 Å². The molecule has 4 heterocycles. The molecule has 2 saturated heterocycles. The summed E-state index contributed by atoms with van der Waals surface area (Å²) in [7, 11) is 0. The summed E-state index contributed by atoms with van der Waals surface area (Å²) < 4.78 is 5.45. The molecule has 0 saturated carbocycles. The molecule has 2 aromatic rings. The summed E-state index contributed by atoms with van der Waals surface area (Å²) in [5, 5.41) is 4.03. The van der Waals surface area contributed by atoms with E-state index in [1.54, 1.807) is 0 Å². The second-order valence-electron chi connectivity index (χ2n) is 7.31. The maximum absolute atomic E-state index is 5.45. The molecule has 128 valence electrons. The molecule has 1 spiro atoms. The number of nitrogens with zero attached hydrogens (tertiary/aromatic N) is 4.